The van der Waals surface area contributed by atoms with Gasteiger partial charge in [-0.05, 0) is 110 Å². The van der Waals surface area contributed by atoms with Crippen molar-refractivity contribution in [3.8, 4) is 11.5 Å². The molecule has 0 amide bonds. The molecule has 0 saturated heterocycles. The Morgan fingerprint density at radius 1 is 0.712 bits per heavy atom. The summed E-state index contributed by atoms with van der Waals surface area (Å²) in [6, 6.07) is 20.9. The fourth-order valence-electron chi connectivity index (χ4n) is 6.72. The predicted molar refractivity (Wildman–Crippen MR) is 200 cm³/mol. The molecule has 0 heterocycles. The number of hydrogen-bond acceptors (Lipinski definition) is 5. The molecule has 0 fully saturated rings. The van der Waals surface area contributed by atoms with Crippen molar-refractivity contribution in [2.24, 2.45) is 5.92 Å². The Morgan fingerprint density at radius 2 is 1.29 bits per heavy atom. The molecule has 0 N–H and O–H groups in total. The average Bonchev–Trinajstić information content (AvgIpc) is 3.14. The third kappa shape index (κ3) is 14.0. The summed E-state index contributed by atoms with van der Waals surface area (Å²) in [5, 5.41) is 0. The second-order valence-electron chi connectivity index (χ2n) is 14.2. The Hall–Kier alpha value is -3.81. The molecule has 0 spiro atoms. The van der Waals surface area contributed by atoms with Crippen LogP contribution in [0.4, 0.5) is 13.2 Å². The molecule has 4 rings (SSSR count). The van der Waals surface area contributed by atoms with Crippen LogP contribution in [0.5, 0.6) is 11.5 Å². The van der Waals surface area contributed by atoms with Crippen molar-refractivity contribution in [2.45, 2.75) is 142 Å². The Bertz CT molecular complexity index is 1500. The van der Waals surface area contributed by atoms with Crippen LogP contribution in [0.2, 0.25) is 0 Å². The summed E-state index contributed by atoms with van der Waals surface area (Å²) in [5.74, 6) is -0.604. The number of ether oxygens (including phenoxy) is 3. The molecule has 3 aromatic rings. The molecule has 3 aromatic carbocycles. The highest BCUT2D eigenvalue weighted by atomic mass is 19.4. The molecule has 0 aromatic heterocycles. The van der Waals surface area contributed by atoms with E-state index in [-0.39, 0.29) is 6.42 Å². The minimum absolute atomic E-state index is 0.208. The standard InChI is InChI=1S/C44H57F3O5/c1-3-5-7-9-10-11-12-14-30-50-39-27-20-34(21-28-39)17-16-33-18-22-35(23-19-33)42(48)51-40-29-26-36-31-38(25-24-37(36)32-40)43(49)52-41(44(45,46)47)15-13-8-6-4-2/h18-23,26-29,32,38,41H,3-17,24-25,30-31H2,1-2H3/t38?,41-/m1/s1. The number of alkyl halides is 3. The Labute approximate surface area is 308 Å². The fourth-order valence-corrected chi connectivity index (χ4v) is 6.72. The molecule has 0 saturated carbocycles. The van der Waals surface area contributed by atoms with Crippen molar-refractivity contribution in [3.05, 3.63) is 94.5 Å². The molecular weight excluding hydrogens is 665 g/mol. The van der Waals surface area contributed by atoms with Crippen LogP contribution in [0.1, 0.15) is 136 Å². The van der Waals surface area contributed by atoms with Gasteiger partial charge < -0.3 is 14.2 Å². The van der Waals surface area contributed by atoms with Crippen molar-refractivity contribution in [3.63, 3.8) is 0 Å². The number of rotatable bonds is 22. The van der Waals surface area contributed by atoms with E-state index in [4.69, 9.17) is 14.2 Å². The van der Waals surface area contributed by atoms with Gasteiger partial charge in [-0.15, -0.1) is 0 Å². The van der Waals surface area contributed by atoms with Gasteiger partial charge in [0.15, 0.2) is 6.10 Å². The number of esters is 2. The van der Waals surface area contributed by atoms with Crippen LogP contribution < -0.4 is 9.47 Å². The number of halogens is 3. The zero-order chi connectivity index (χ0) is 37.2. The van der Waals surface area contributed by atoms with Gasteiger partial charge in [0, 0.05) is 0 Å². The number of hydrogen-bond donors (Lipinski definition) is 0. The van der Waals surface area contributed by atoms with Crippen LogP contribution >= 0.6 is 0 Å². The lowest BCUT2D eigenvalue weighted by Gasteiger charge is -2.27. The van der Waals surface area contributed by atoms with Crippen molar-refractivity contribution < 1.29 is 37.0 Å². The molecule has 0 bridgehead atoms. The van der Waals surface area contributed by atoms with E-state index in [0.717, 1.165) is 61.2 Å². The second-order valence-corrected chi connectivity index (χ2v) is 14.2. The first-order valence-electron chi connectivity index (χ1n) is 19.6. The van der Waals surface area contributed by atoms with Crippen LogP contribution in [0, 0.1) is 5.92 Å². The van der Waals surface area contributed by atoms with Gasteiger partial charge in [-0.1, -0.05) is 108 Å². The summed E-state index contributed by atoms with van der Waals surface area (Å²) in [7, 11) is 0. The molecule has 5 nitrogen and oxygen atoms in total. The van der Waals surface area contributed by atoms with Gasteiger partial charge in [0.25, 0.3) is 0 Å². The maximum Gasteiger partial charge on any atom is 0.425 e. The van der Waals surface area contributed by atoms with Gasteiger partial charge in [-0.3, -0.25) is 4.79 Å². The minimum Gasteiger partial charge on any atom is -0.494 e. The van der Waals surface area contributed by atoms with Crippen LogP contribution in [0.25, 0.3) is 0 Å². The zero-order valence-electron chi connectivity index (χ0n) is 31.1. The summed E-state index contributed by atoms with van der Waals surface area (Å²) in [4.78, 5) is 25.7. The van der Waals surface area contributed by atoms with E-state index >= 15 is 0 Å². The SMILES string of the molecule is CCCCCCCCCCOc1ccc(CCc2ccc(C(=O)Oc3ccc4c(c3)CCC(C(=O)O[C@H](CCCCCC)C(F)(F)F)C4)cc2)cc1. The van der Waals surface area contributed by atoms with Crippen LogP contribution in [-0.2, 0) is 35.2 Å². The number of carbonyl (C=O) groups is 2. The molecule has 52 heavy (non-hydrogen) atoms. The van der Waals surface area contributed by atoms with E-state index in [1.165, 1.54) is 50.5 Å². The van der Waals surface area contributed by atoms with E-state index in [9.17, 15) is 22.8 Å². The molecular formula is C44H57F3O5. The number of fused-ring (bicyclic) bond motifs is 1. The Balaban J connectivity index is 1.18. The normalized spacial score (nSPS) is 14.8. The summed E-state index contributed by atoms with van der Waals surface area (Å²) in [5.41, 5.74) is 4.55. The number of unbranched alkanes of at least 4 members (excludes halogenated alkanes) is 10. The lowest BCUT2D eigenvalue weighted by molar-refractivity contribution is -0.225. The first-order chi connectivity index (χ1) is 25.2. The highest BCUT2D eigenvalue weighted by Gasteiger charge is 2.43. The molecule has 284 valence electrons. The van der Waals surface area contributed by atoms with Crippen LogP contribution in [0.15, 0.2) is 66.7 Å². The van der Waals surface area contributed by atoms with Gasteiger partial charge in [0.2, 0.25) is 0 Å². The van der Waals surface area contributed by atoms with E-state index in [0.29, 0.717) is 43.4 Å². The molecule has 0 radical (unpaired) electrons. The smallest absolute Gasteiger partial charge is 0.425 e. The van der Waals surface area contributed by atoms with Crippen molar-refractivity contribution in [2.75, 3.05) is 6.61 Å². The summed E-state index contributed by atoms with van der Waals surface area (Å²) in [6.07, 6.45) is 9.08. The molecule has 1 aliphatic rings. The lowest BCUT2D eigenvalue weighted by atomic mass is 9.84. The fraction of sp³-hybridized carbons (Fsp3) is 0.545. The maximum absolute atomic E-state index is 13.6. The van der Waals surface area contributed by atoms with Crippen molar-refractivity contribution in [1.82, 2.24) is 0 Å². The number of aryl methyl sites for hydroxylation is 3. The highest BCUT2D eigenvalue weighted by Crippen LogP contribution is 2.33. The van der Waals surface area contributed by atoms with Crippen molar-refractivity contribution in [1.29, 1.82) is 0 Å². The lowest BCUT2D eigenvalue weighted by Crippen LogP contribution is -2.37. The first-order valence-corrected chi connectivity index (χ1v) is 19.6. The third-order valence-electron chi connectivity index (χ3n) is 9.98. The van der Waals surface area contributed by atoms with E-state index in [2.05, 4.69) is 19.1 Å². The first kappa shape index (κ1) is 41.0. The molecule has 2 atom stereocenters. The summed E-state index contributed by atoms with van der Waals surface area (Å²) in [6.45, 7) is 4.99. The van der Waals surface area contributed by atoms with Gasteiger partial charge in [0.1, 0.15) is 11.5 Å². The molecule has 1 unspecified atom stereocenters. The van der Waals surface area contributed by atoms with Crippen LogP contribution in [0.3, 0.4) is 0 Å². The minimum atomic E-state index is -4.58. The quantitative estimate of drug-likeness (QED) is 0.0587. The average molecular weight is 723 g/mol. The van der Waals surface area contributed by atoms with E-state index in [1.54, 1.807) is 30.3 Å². The van der Waals surface area contributed by atoms with Gasteiger partial charge >= 0.3 is 18.1 Å². The monoisotopic (exact) mass is 722 g/mol. The van der Waals surface area contributed by atoms with Gasteiger partial charge in [0.05, 0.1) is 18.1 Å². The van der Waals surface area contributed by atoms with Crippen molar-refractivity contribution >= 4 is 11.9 Å². The summed E-state index contributed by atoms with van der Waals surface area (Å²) < 4.78 is 57.3. The highest BCUT2D eigenvalue weighted by molar-refractivity contribution is 5.91. The second kappa shape index (κ2) is 21.7. The van der Waals surface area contributed by atoms with E-state index < -0.39 is 30.1 Å². The molecule has 8 heteroatoms. The molecule has 0 aliphatic heterocycles. The topological polar surface area (TPSA) is 61.8 Å². The van der Waals surface area contributed by atoms with E-state index in [1.807, 2.05) is 31.2 Å². The third-order valence-corrected chi connectivity index (χ3v) is 9.98. The zero-order valence-corrected chi connectivity index (χ0v) is 31.1. The summed E-state index contributed by atoms with van der Waals surface area (Å²) >= 11 is 0. The number of benzene rings is 3. The maximum atomic E-state index is 13.6. The largest absolute Gasteiger partial charge is 0.494 e. The van der Waals surface area contributed by atoms with Gasteiger partial charge in [-0.2, -0.15) is 13.2 Å². The predicted octanol–water partition coefficient (Wildman–Crippen LogP) is 11.8. The number of carbonyl (C=O) groups excluding carboxylic acids is 2. The Morgan fingerprint density at radius 3 is 1.92 bits per heavy atom. The Kier molecular flexibility index (Phi) is 17.1. The van der Waals surface area contributed by atoms with Crippen LogP contribution in [-0.4, -0.2) is 30.8 Å². The molecule has 1 aliphatic carbocycles. The van der Waals surface area contributed by atoms with Gasteiger partial charge in [-0.25, -0.2) is 4.79 Å².